The molecule has 106 heavy (non-hydrogen) atoms. The van der Waals surface area contributed by atoms with Crippen LogP contribution < -0.4 is 42.8 Å². The van der Waals surface area contributed by atoms with Crippen LogP contribution in [0.1, 0.15) is 254 Å². The van der Waals surface area contributed by atoms with Crippen molar-refractivity contribution in [3.05, 3.63) is 145 Å². The molecule has 13 heteroatoms. The van der Waals surface area contributed by atoms with Gasteiger partial charge in [-0.25, -0.2) is 0 Å². The largest absolute Gasteiger partial charge is 0.464 e. The van der Waals surface area contributed by atoms with Crippen molar-refractivity contribution in [1.82, 2.24) is 0 Å². The Hall–Kier alpha value is -2.11. The van der Waals surface area contributed by atoms with E-state index in [2.05, 4.69) is 272 Å². The molecule has 6 aromatic rings. The monoisotopic (exact) mass is 1590 g/mol. The van der Waals surface area contributed by atoms with Gasteiger partial charge in [-0.3, -0.25) is 0 Å². The fourth-order valence-corrected chi connectivity index (χ4v) is 47.3. The van der Waals surface area contributed by atoms with E-state index >= 15 is 0 Å². The van der Waals surface area contributed by atoms with Crippen LogP contribution in [0.2, 0.25) is 0 Å². The summed E-state index contributed by atoms with van der Waals surface area (Å²) < 4.78 is 53.3. The quantitative estimate of drug-likeness (QED) is 0.0712. The number of hydrogen-bond acceptors (Lipinski definition) is 5. The molecule has 4 aromatic carbocycles. The summed E-state index contributed by atoms with van der Waals surface area (Å²) in [6, 6.07) is 42.5. The Morgan fingerprint density at radius 3 is 1.08 bits per heavy atom. The Morgan fingerprint density at radius 2 is 0.726 bits per heavy atom. The lowest BCUT2D eigenvalue weighted by Crippen LogP contribution is -2.35. The van der Waals surface area contributed by atoms with Crippen molar-refractivity contribution in [3.63, 3.8) is 0 Å². The molecule has 0 aliphatic heterocycles. The van der Waals surface area contributed by atoms with Crippen LogP contribution in [0, 0.1) is 84.9 Å². The molecule has 2 aromatic heterocycles. The van der Waals surface area contributed by atoms with Crippen LogP contribution in [-0.2, 0) is 13.7 Å². The maximum Gasteiger partial charge on any atom is 0.381 e. The Morgan fingerprint density at radius 1 is 0.396 bits per heavy atom. The van der Waals surface area contributed by atoms with Gasteiger partial charge in [0.15, 0.2) is 33.5 Å². The van der Waals surface area contributed by atoms with Crippen molar-refractivity contribution < 1.29 is 22.5 Å². The van der Waals surface area contributed by atoms with Crippen molar-refractivity contribution in [2.75, 3.05) is 18.5 Å². The lowest BCUT2D eigenvalue weighted by Gasteiger charge is -2.47. The minimum absolute atomic E-state index is 0.0692. The standard InChI is InChI=1S/C30H37OP2.C24H29O3P2.C20H42P2.C19H39OP2/c1-21(2)27-19-14-24(5)20-30(27)33(31)29-9-7-6-8-28(29)32(25-15-10-22(3)11-16-25)26-17-12-23(4)13-18-26;1-17(2)19-13-12-18(3)16-22(19)29(25)21-9-5-4-8-20(21)28(23-10-6-14-26-23)24-11-7-15-27-24;1-15(2)17-12-11-16(3)13-18(17)21(10)14-22(19(4,5)6)20(7,8)9;1-14(2)16-11-10-15(3)12-17(16)21(20)13-22(18(4,5)6)19(7,8)9/h6-13,15-18,21,24,27,30H,14,19-20H2,1-5H3;4-11,14-15,17-19,22H,12-13,16H2,1-3H3;15-18H,11-14H2,1-10H3;14-17H,10-13H2,1-9H3/q2*+1;;+1/t24-,27+,30-;18-,19+,22-;16-,17+,18-,21?;15-,16+,17-/m1111/s1. The first kappa shape index (κ1) is 91.1. The smallest absolute Gasteiger partial charge is 0.381 e. The third kappa shape index (κ3) is 25.4. The minimum atomic E-state index is -1.51. The van der Waals surface area contributed by atoms with Crippen LogP contribution in [-0.4, -0.2) is 61.7 Å². The lowest BCUT2D eigenvalue weighted by atomic mass is 9.77. The number of benzene rings is 4. The topological polar surface area (TPSA) is 77.5 Å². The molecule has 0 amide bonds. The predicted molar refractivity (Wildman–Crippen MR) is 482 cm³/mol. The van der Waals surface area contributed by atoms with Crippen molar-refractivity contribution in [2.24, 2.45) is 71.0 Å². The molecule has 4 aliphatic rings. The first-order valence-electron chi connectivity index (χ1n) is 41.2. The van der Waals surface area contributed by atoms with Crippen LogP contribution in [0.25, 0.3) is 0 Å². The molecule has 4 aliphatic carbocycles. The van der Waals surface area contributed by atoms with Crippen molar-refractivity contribution in [1.29, 1.82) is 0 Å². The summed E-state index contributed by atoms with van der Waals surface area (Å²) in [6.45, 7) is 64.1. The van der Waals surface area contributed by atoms with Crippen LogP contribution in [0.4, 0.5) is 0 Å². The van der Waals surface area contributed by atoms with Gasteiger partial charge in [0.25, 0.3) is 0 Å². The van der Waals surface area contributed by atoms with E-state index in [9.17, 15) is 13.7 Å². The zero-order valence-electron chi connectivity index (χ0n) is 71.5. The van der Waals surface area contributed by atoms with Gasteiger partial charge < -0.3 is 8.83 Å². The molecule has 10 rings (SSSR count). The minimum Gasteiger partial charge on any atom is -0.464 e. The second-order valence-electron chi connectivity index (χ2n) is 38.4. The Labute approximate surface area is 658 Å². The van der Waals surface area contributed by atoms with Crippen molar-refractivity contribution in [2.45, 2.75) is 300 Å². The molecule has 0 saturated heterocycles. The zero-order valence-corrected chi connectivity index (χ0v) is 78.6. The molecule has 5 nitrogen and oxygen atoms in total. The Bertz CT molecular complexity index is 3520. The van der Waals surface area contributed by atoms with Gasteiger partial charge in [0, 0.05) is 28.4 Å². The van der Waals surface area contributed by atoms with E-state index in [0.29, 0.717) is 63.3 Å². The summed E-state index contributed by atoms with van der Waals surface area (Å²) in [7, 11) is -5.86. The van der Waals surface area contributed by atoms with Gasteiger partial charge in [0.1, 0.15) is 11.0 Å². The number of furan rings is 2. The van der Waals surface area contributed by atoms with Gasteiger partial charge in [0.05, 0.1) is 20.4 Å². The predicted octanol–water partition coefficient (Wildman–Crippen LogP) is 27.4. The summed E-state index contributed by atoms with van der Waals surface area (Å²) in [5.74, 6) is 10.9. The van der Waals surface area contributed by atoms with E-state index in [1.165, 1.54) is 97.2 Å². The summed E-state index contributed by atoms with van der Waals surface area (Å²) in [5.41, 5.74) is 6.30. The fraction of sp³-hybridized carbons (Fsp3) is 0.656. The van der Waals surface area contributed by atoms with E-state index in [1.54, 1.807) is 12.5 Å². The van der Waals surface area contributed by atoms with Gasteiger partial charge in [-0.15, -0.1) is 7.92 Å². The molecule has 4 saturated carbocycles. The number of aryl methyl sites for hydroxylation is 2. The average molecular weight is 1590 g/mol. The SMILES string of the molecule is CC(C)[C@@H]1CC[C@@H](C)C[C@H]1P(C)CP(C(C)(C)C)C(C)(C)C.CC(C)[C@@H]1CC[C@@H](C)C[C@H]1[P+](=O)CP(C(C)(C)C)C(C)(C)C.CC(C)[C@@H]1CC[C@@H](C)C[C@H]1[P+](=O)c1ccccc1P(c1ccco1)c1ccco1.Cc1ccc(P(c2ccc(C)cc2)c2ccccc2[P+](=O)[C@@H]2C[C@H](C)CC[C@H]2C(C)C)cc1. The van der Waals surface area contributed by atoms with Gasteiger partial charge in [-0.05, 0) is 232 Å². The molecule has 0 bridgehead atoms. The van der Waals surface area contributed by atoms with E-state index in [0.717, 1.165) is 75.0 Å². The zero-order chi connectivity index (χ0) is 78.5. The van der Waals surface area contributed by atoms with E-state index in [1.807, 2.05) is 36.4 Å². The molecular weight excluding hydrogens is 1440 g/mol. The van der Waals surface area contributed by atoms with Crippen molar-refractivity contribution in [3.8, 4) is 0 Å². The molecule has 16 atom stereocenters. The highest BCUT2D eigenvalue weighted by molar-refractivity contribution is 7.81. The molecule has 0 spiro atoms. The summed E-state index contributed by atoms with van der Waals surface area (Å²) in [6.07, 6.45) is 18.7. The number of hydrogen-bond donors (Lipinski definition) is 0. The first-order chi connectivity index (χ1) is 49.6. The molecule has 0 N–H and O–H groups in total. The number of rotatable bonds is 20. The van der Waals surface area contributed by atoms with E-state index in [4.69, 9.17) is 8.83 Å². The summed E-state index contributed by atoms with van der Waals surface area (Å²) in [5, 5.41) is 8.61. The summed E-state index contributed by atoms with van der Waals surface area (Å²) in [4.78, 5) is 0. The highest BCUT2D eigenvalue weighted by atomic mass is 31.2. The maximum atomic E-state index is 14.3. The maximum absolute atomic E-state index is 14.3. The molecule has 0 radical (unpaired) electrons. The molecule has 4 unspecified atom stereocenters. The summed E-state index contributed by atoms with van der Waals surface area (Å²) >= 11 is 0. The Kier molecular flexibility index (Phi) is 35.0. The molecular formula is C93H147O5P8+3. The third-order valence-corrected chi connectivity index (χ3v) is 48.1. The van der Waals surface area contributed by atoms with E-state index < -0.39 is 39.2 Å². The third-order valence-electron chi connectivity index (χ3n) is 24.1. The average Bonchev–Trinajstić information content (AvgIpc) is 1.16. The van der Waals surface area contributed by atoms with Gasteiger partial charge >= 0.3 is 23.4 Å². The van der Waals surface area contributed by atoms with Gasteiger partial charge in [0.2, 0.25) is 0 Å². The van der Waals surface area contributed by atoms with Gasteiger partial charge in [-0.1, -0.05) is 297 Å². The second-order valence-corrected chi connectivity index (χ2v) is 59.3. The first-order valence-corrected chi connectivity index (χ1v) is 53.1. The normalized spacial score (nSPS) is 24.9. The highest BCUT2D eigenvalue weighted by Gasteiger charge is 2.50. The van der Waals surface area contributed by atoms with Crippen LogP contribution >= 0.6 is 63.0 Å². The highest BCUT2D eigenvalue weighted by Crippen LogP contribution is 2.68. The van der Waals surface area contributed by atoms with E-state index in [-0.39, 0.29) is 45.4 Å². The van der Waals surface area contributed by atoms with Crippen LogP contribution in [0.3, 0.4) is 0 Å². The molecule has 2 heterocycles. The Balaban J connectivity index is 0.000000201. The second kappa shape index (κ2) is 40.8. The molecule has 586 valence electrons. The fourth-order valence-electron chi connectivity index (χ4n) is 18.4. The van der Waals surface area contributed by atoms with Crippen LogP contribution in [0.15, 0.2) is 143 Å². The van der Waals surface area contributed by atoms with Crippen molar-refractivity contribution >= 4 is 106 Å². The lowest BCUT2D eigenvalue weighted by molar-refractivity contribution is 0.238. The van der Waals surface area contributed by atoms with Gasteiger partial charge in [-0.2, -0.15) is 0 Å². The molecule has 4 fully saturated rings. The van der Waals surface area contributed by atoms with Crippen LogP contribution in [0.5, 0.6) is 0 Å².